The number of hydrogen-bond acceptors (Lipinski definition) is 1. The number of aryl methyl sites for hydroxylation is 2. The van der Waals surface area contributed by atoms with Crippen molar-refractivity contribution in [1.82, 2.24) is 4.98 Å². The Hall–Kier alpha value is -1.63. The minimum absolute atomic E-state index is 1.14. The summed E-state index contributed by atoms with van der Waals surface area (Å²) in [5, 5.41) is 0. The largest absolute Gasteiger partial charge is 0.265 e. The summed E-state index contributed by atoms with van der Waals surface area (Å²) < 4.78 is 0. The molecular formula is C17H25N. The van der Waals surface area contributed by atoms with E-state index in [2.05, 4.69) is 56.9 Å². The molecule has 0 saturated carbocycles. The first-order valence-corrected chi connectivity index (χ1v) is 6.65. The predicted octanol–water partition coefficient (Wildman–Crippen LogP) is 5.06. The molecule has 1 aromatic carbocycles. The monoisotopic (exact) mass is 243 g/mol. The maximum atomic E-state index is 3.78. The van der Waals surface area contributed by atoms with E-state index in [0.717, 1.165) is 6.42 Å². The number of hydrogen-bond donors (Lipinski definition) is 0. The normalized spacial score (nSPS) is 8.44. The zero-order chi connectivity index (χ0) is 13.6. The van der Waals surface area contributed by atoms with E-state index in [-0.39, 0.29) is 0 Å². The van der Waals surface area contributed by atoms with Crippen LogP contribution in [0.3, 0.4) is 0 Å². The van der Waals surface area contributed by atoms with Crippen molar-refractivity contribution in [3.63, 3.8) is 0 Å². The van der Waals surface area contributed by atoms with E-state index in [9.17, 15) is 0 Å². The van der Waals surface area contributed by atoms with Crippen LogP contribution in [0, 0.1) is 6.92 Å². The van der Waals surface area contributed by atoms with Gasteiger partial charge >= 0.3 is 0 Å². The van der Waals surface area contributed by atoms with Gasteiger partial charge in [0.25, 0.3) is 0 Å². The standard InChI is InChI=1S/C9H12.C5H5N.C3H8/c1-3-9-6-4-8(2)5-7-9;1-2-4-6-5-3-1;1-3-2/h4-7H,3H2,1-2H3;1-5H;3H2,1-2H3. The third-order valence-electron chi connectivity index (χ3n) is 2.10. The van der Waals surface area contributed by atoms with Crippen LogP contribution < -0.4 is 0 Å². The number of benzene rings is 1. The molecule has 2 aromatic rings. The average molecular weight is 243 g/mol. The Labute approximate surface area is 112 Å². The molecule has 98 valence electrons. The summed E-state index contributed by atoms with van der Waals surface area (Å²) in [5.41, 5.74) is 2.76. The fraction of sp³-hybridized carbons (Fsp3) is 0.353. The van der Waals surface area contributed by atoms with Gasteiger partial charge in [0.05, 0.1) is 0 Å². The number of nitrogens with zero attached hydrogens (tertiary/aromatic N) is 1. The first-order chi connectivity index (χ1) is 8.74. The third kappa shape index (κ3) is 9.59. The first-order valence-electron chi connectivity index (χ1n) is 6.65. The molecule has 2 rings (SSSR count). The zero-order valence-corrected chi connectivity index (χ0v) is 12.1. The Morgan fingerprint density at radius 2 is 1.33 bits per heavy atom. The molecule has 0 N–H and O–H groups in total. The molecule has 0 atom stereocenters. The van der Waals surface area contributed by atoms with E-state index < -0.39 is 0 Å². The Morgan fingerprint density at radius 1 is 0.833 bits per heavy atom. The van der Waals surface area contributed by atoms with Gasteiger partial charge in [-0.05, 0) is 31.0 Å². The highest BCUT2D eigenvalue weighted by atomic mass is 14.6. The number of rotatable bonds is 1. The van der Waals surface area contributed by atoms with Crippen LogP contribution in [0.15, 0.2) is 54.9 Å². The van der Waals surface area contributed by atoms with Crippen LogP contribution in [-0.4, -0.2) is 4.98 Å². The average Bonchev–Trinajstić information content (AvgIpc) is 2.43. The molecular weight excluding hydrogens is 218 g/mol. The lowest BCUT2D eigenvalue weighted by Gasteiger charge is -1.94. The summed E-state index contributed by atoms with van der Waals surface area (Å²) >= 11 is 0. The lowest BCUT2D eigenvalue weighted by atomic mass is 10.1. The van der Waals surface area contributed by atoms with Gasteiger partial charge in [-0.1, -0.05) is 63.1 Å². The summed E-state index contributed by atoms with van der Waals surface area (Å²) in [7, 11) is 0. The first kappa shape index (κ1) is 16.4. The molecule has 1 aromatic heterocycles. The van der Waals surface area contributed by atoms with Crippen LogP contribution in [0.4, 0.5) is 0 Å². The van der Waals surface area contributed by atoms with Crippen molar-refractivity contribution in [3.05, 3.63) is 66.0 Å². The van der Waals surface area contributed by atoms with Crippen molar-refractivity contribution < 1.29 is 0 Å². The van der Waals surface area contributed by atoms with Gasteiger partial charge in [0.2, 0.25) is 0 Å². The Bertz CT molecular complexity index is 338. The van der Waals surface area contributed by atoms with Gasteiger partial charge in [0.15, 0.2) is 0 Å². The van der Waals surface area contributed by atoms with E-state index in [0.29, 0.717) is 0 Å². The maximum absolute atomic E-state index is 3.78. The van der Waals surface area contributed by atoms with Gasteiger partial charge in [-0.2, -0.15) is 0 Å². The van der Waals surface area contributed by atoms with Crippen LogP contribution in [0.1, 0.15) is 38.3 Å². The third-order valence-corrected chi connectivity index (χ3v) is 2.10. The molecule has 1 heterocycles. The second kappa shape index (κ2) is 11.8. The molecule has 0 saturated heterocycles. The highest BCUT2D eigenvalue weighted by Gasteiger charge is 1.84. The molecule has 0 unspecified atom stereocenters. The maximum Gasteiger partial charge on any atom is 0.0267 e. The molecule has 0 spiro atoms. The molecule has 0 amide bonds. The molecule has 0 radical (unpaired) electrons. The van der Waals surface area contributed by atoms with Crippen molar-refractivity contribution in [2.75, 3.05) is 0 Å². The summed E-state index contributed by atoms with van der Waals surface area (Å²) in [6, 6.07) is 14.4. The van der Waals surface area contributed by atoms with E-state index in [1.807, 2.05) is 18.2 Å². The summed E-state index contributed by atoms with van der Waals surface area (Å²) in [4.78, 5) is 3.78. The predicted molar refractivity (Wildman–Crippen MR) is 80.8 cm³/mol. The van der Waals surface area contributed by atoms with Crippen molar-refractivity contribution in [2.45, 2.75) is 40.5 Å². The fourth-order valence-electron chi connectivity index (χ4n) is 1.14. The van der Waals surface area contributed by atoms with Crippen molar-refractivity contribution in [3.8, 4) is 0 Å². The molecule has 0 fully saturated rings. The summed E-state index contributed by atoms with van der Waals surface area (Å²) in [5.74, 6) is 0. The van der Waals surface area contributed by atoms with Crippen molar-refractivity contribution >= 4 is 0 Å². The Kier molecular flexibility index (Phi) is 10.8. The SMILES string of the molecule is CCC.CCc1ccc(C)cc1.c1ccncc1. The van der Waals surface area contributed by atoms with E-state index in [1.54, 1.807) is 12.4 Å². The molecule has 0 aliphatic rings. The van der Waals surface area contributed by atoms with Crippen LogP contribution >= 0.6 is 0 Å². The molecule has 0 aliphatic carbocycles. The smallest absolute Gasteiger partial charge is 0.0267 e. The van der Waals surface area contributed by atoms with Crippen molar-refractivity contribution in [2.24, 2.45) is 0 Å². The minimum Gasteiger partial charge on any atom is -0.265 e. The molecule has 18 heavy (non-hydrogen) atoms. The van der Waals surface area contributed by atoms with E-state index >= 15 is 0 Å². The Morgan fingerprint density at radius 3 is 1.61 bits per heavy atom. The fourth-order valence-corrected chi connectivity index (χ4v) is 1.14. The van der Waals surface area contributed by atoms with Crippen LogP contribution in [0.2, 0.25) is 0 Å². The van der Waals surface area contributed by atoms with Gasteiger partial charge < -0.3 is 0 Å². The van der Waals surface area contributed by atoms with Crippen molar-refractivity contribution in [1.29, 1.82) is 0 Å². The van der Waals surface area contributed by atoms with Crippen LogP contribution in [0.5, 0.6) is 0 Å². The molecule has 1 nitrogen and oxygen atoms in total. The second-order valence-electron chi connectivity index (χ2n) is 4.07. The van der Waals surface area contributed by atoms with Gasteiger partial charge in [0.1, 0.15) is 0 Å². The summed E-state index contributed by atoms with van der Waals surface area (Å²) in [6.07, 6.45) is 5.89. The summed E-state index contributed by atoms with van der Waals surface area (Å²) in [6.45, 7) is 8.53. The highest BCUT2D eigenvalue weighted by Crippen LogP contribution is 2.02. The van der Waals surface area contributed by atoms with Gasteiger partial charge in [-0.3, -0.25) is 4.98 Å². The zero-order valence-electron chi connectivity index (χ0n) is 12.1. The van der Waals surface area contributed by atoms with E-state index in [1.165, 1.54) is 17.5 Å². The number of pyridine rings is 1. The van der Waals surface area contributed by atoms with Gasteiger partial charge in [0, 0.05) is 12.4 Å². The number of aromatic nitrogens is 1. The molecule has 0 aliphatic heterocycles. The second-order valence-corrected chi connectivity index (χ2v) is 4.07. The Balaban J connectivity index is 0.000000278. The van der Waals surface area contributed by atoms with Gasteiger partial charge in [-0.25, -0.2) is 0 Å². The highest BCUT2D eigenvalue weighted by molar-refractivity contribution is 5.20. The topological polar surface area (TPSA) is 12.9 Å². The lowest BCUT2D eigenvalue weighted by Crippen LogP contribution is -1.77. The van der Waals surface area contributed by atoms with Gasteiger partial charge in [-0.15, -0.1) is 0 Å². The van der Waals surface area contributed by atoms with E-state index in [4.69, 9.17) is 0 Å². The molecule has 1 heteroatoms. The molecule has 0 bridgehead atoms. The minimum atomic E-state index is 1.14. The van der Waals surface area contributed by atoms with Crippen LogP contribution in [0.25, 0.3) is 0 Å². The van der Waals surface area contributed by atoms with Crippen LogP contribution in [-0.2, 0) is 6.42 Å². The lowest BCUT2D eigenvalue weighted by molar-refractivity contribution is 1.09. The quantitative estimate of drug-likeness (QED) is 0.682.